The number of aliphatic hydroxyl groups is 2. The minimum atomic E-state index is -0.185. The number of hydrogen-bond acceptors (Lipinski definition) is 3. The van der Waals surface area contributed by atoms with E-state index >= 15 is 0 Å². The van der Waals surface area contributed by atoms with Crippen molar-refractivity contribution in [2.24, 2.45) is 0 Å². The van der Waals surface area contributed by atoms with Crippen LogP contribution in [0.25, 0.3) is 0 Å². The number of aliphatic hydroxyl groups excluding tert-OH is 2. The third-order valence-electron chi connectivity index (χ3n) is 1.58. The predicted molar refractivity (Wildman–Crippen MR) is 45.5 cm³/mol. The summed E-state index contributed by atoms with van der Waals surface area (Å²) in [6, 6.07) is 0. The van der Waals surface area contributed by atoms with E-state index in [1.54, 1.807) is 0 Å². The summed E-state index contributed by atoms with van der Waals surface area (Å²) in [6.45, 7) is 5.15. The van der Waals surface area contributed by atoms with Crippen molar-refractivity contribution >= 4 is 0 Å². The van der Waals surface area contributed by atoms with E-state index < -0.39 is 0 Å². The Hall–Kier alpha value is -0.120. The fourth-order valence-electron chi connectivity index (χ4n) is 0.719. The molecule has 0 aromatic rings. The monoisotopic (exact) mass is 161 g/mol. The lowest BCUT2D eigenvalue weighted by Gasteiger charge is -2.23. The maximum atomic E-state index is 8.84. The third kappa shape index (κ3) is 6.28. The highest BCUT2D eigenvalue weighted by Crippen LogP contribution is 1.99. The van der Waals surface area contributed by atoms with Gasteiger partial charge in [-0.1, -0.05) is 0 Å². The number of rotatable bonds is 6. The van der Waals surface area contributed by atoms with Gasteiger partial charge >= 0.3 is 0 Å². The molecule has 0 aliphatic heterocycles. The molecule has 3 N–H and O–H groups in total. The third-order valence-corrected chi connectivity index (χ3v) is 1.58. The Morgan fingerprint density at radius 2 is 1.82 bits per heavy atom. The first-order chi connectivity index (χ1) is 5.12. The second-order valence-electron chi connectivity index (χ2n) is 3.40. The SMILES string of the molecule is CC(C)(CO)NCCCCO. The van der Waals surface area contributed by atoms with E-state index in [-0.39, 0.29) is 18.8 Å². The van der Waals surface area contributed by atoms with Gasteiger partial charge in [0.05, 0.1) is 6.61 Å². The molecule has 68 valence electrons. The molecule has 0 bridgehead atoms. The average molecular weight is 161 g/mol. The standard InChI is InChI=1S/C8H19NO2/c1-8(2,7-11)9-5-3-4-6-10/h9-11H,3-7H2,1-2H3. The first kappa shape index (κ1) is 10.9. The van der Waals surface area contributed by atoms with E-state index in [1.165, 1.54) is 0 Å². The highest BCUT2D eigenvalue weighted by molar-refractivity contribution is 4.75. The van der Waals surface area contributed by atoms with E-state index in [1.807, 2.05) is 13.8 Å². The molecule has 0 spiro atoms. The minimum Gasteiger partial charge on any atom is -0.396 e. The quantitative estimate of drug-likeness (QED) is 0.485. The summed E-state index contributed by atoms with van der Waals surface area (Å²) in [5.41, 5.74) is -0.185. The number of unbranched alkanes of at least 4 members (excludes halogenated alkanes) is 1. The van der Waals surface area contributed by atoms with Crippen LogP contribution < -0.4 is 5.32 Å². The molecule has 0 aromatic carbocycles. The summed E-state index contributed by atoms with van der Waals surface area (Å²) in [4.78, 5) is 0. The van der Waals surface area contributed by atoms with Crippen LogP contribution in [0.2, 0.25) is 0 Å². The van der Waals surface area contributed by atoms with E-state index in [0.717, 1.165) is 19.4 Å². The van der Waals surface area contributed by atoms with Crippen molar-refractivity contribution in [3.8, 4) is 0 Å². The smallest absolute Gasteiger partial charge is 0.0607 e. The Bertz CT molecular complexity index is 94.1. The molecule has 0 atom stereocenters. The summed E-state index contributed by atoms with van der Waals surface area (Å²) in [5, 5.41) is 20.5. The Kier molecular flexibility index (Phi) is 5.46. The zero-order valence-corrected chi connectivity index (χ0v) is 7.43. The van der Waals surface area contributed by atoms with Gasteiger partial charge in [-0.05, 0) is 33.2 Å². The highest BCUT2D eigenvalue weighted by Gasteiger charge is 2.13. The van der Waals surface area contributed by atoms with Crippen molar-refractivity contribution in [3.63, 3.8) is 0 Å². The largest absolute Gasteiger partial charge is 0.396 e. The van der Waals surface area contributed by atoms with Crippen LogP contribution in [0.1, 0.15) is 26.7 Å². The Morgan fingerprint density at radius 1 is 1.18 bits per heavy atom. The van der Waals surface area contributed by atoms with Gasteiger partial charge < -0.3 is 15.5 Å². The maximum absolute atomic E-state index is 8.84. The molecule has 0 saturated heterocycles. The molecule has 0 unspecified atom stereocenters. The van der Waals surface area contributed by atoms with E-state index in [2.05, 4.69) is 5.32 Å². The van der Waals surface area contributed by atoms with Gasteiger partial charge in [-0.2, -0.15) is 0 Å². The van der Waals surface area contributed by atoms with Crippen LogP contribution in [0, 0.1) is 0 Å². The fourth-order valence-corrected chi connectivity index (χ4v) is 0.719. The zero-order chi connectivity index (χ0) is 8.74. The van der Waals surface area contributed by atoms with Crippen molar-refractivity contribution in [2.45, 2.75) is 32.2 Å². The Balaban J connectivity index is 3.23. The molecule has 0 aromatic heterocycles. The van der Waals surface area contributed by atoms with Gasteiger partial charge in [0.25, 0.3) is 0 Å². The van der Waals surface area contributed by atoms with E-state index in [9.17, 15) is 0 Å². The van der Waals surface area contributed by atoms with Crippen molar-refractivity contribution < 1.29 is 10.2 Å². The first-order valence-corrected chi connectivity index (χ1v) is 4.09. The van der Waals surface area contributed by atoms with Crippen LogP contribution in [0.4, 0.5) is 0 Å². The maximum Gasteiger partial charge on any atom is 0.0607 e. The van der Waals surface area contributed by atoms with Gasteiger partial charge in [-0.15, -0.1) is 0 Å². The summed E-state index contributed by atoms with van der Waals surface area (Å²) in [7, 11) is 0. The molecule has 0 saturated carbocycles. The van der Waals surface area contributed by atoms with Crippen LogP contribution in [0.3, 0.4) is 0 Å². The van der Waals surface area contributed by atoms with Crippen LogP contribution in [-0.2, 0) is 0 Å². The summed E-state index contributed by atoms with van der Waals surface area (Å²) in [6.07, 6.45) is 1.79. The molecule has 0 radical (unpaired) electrons. The van der Waals surface area contributed by atoms with Gasteiger partial charge in [0, 0.05) is 12.1 Å². The molecule has 3 heteroatoms. The Morgan fingerprint density at radius 3 is 2.27 bits per heavy atom. The lowest BCUT2D eigenvalue weighted by atomic mass is 10.1. The highest BCUT2D eigenvalue weighted by atomic mass is 16.3. The molecule has 0 rings (SSSR count). The normalized spacial score (nSPS) is 12.0. The number of nitrogens with one attached hydrogen (secondary N) is 1. The van der Waals surface area contributed by atoms with Gasteiger partial charge in [-0.3, -0.25) is 0 Å². The molecule has 3 nitrogen and oxygen atoms in total. The minimum absolute atomic E-state index is 0.145. The molecular formula is C8H19NO2. The van der Waals surface area contributed by atoms with Gasteiger partial charge in [0.1, 0.15) is 0 Å². The van der Waals surface area contributed by atoms with Crippen molar-refractivity contribution in [1.29, 1.82) is 0 Å². The van der Waals surface area contributed by atoms with E-state index in [4.69, 9.17) is 10.2 Å². The molecule has 0 fully saturated rings. The Labute approximate surface area is 68.4 Å². The molecule has 0 amide bonds. The first-order valence-electron chi connectivity index (χ1n) is 4.09. The number of hydrogen-bond donors (Lipinski definition) is 3. The lowest BCUT2D eigenvalue weighted by Crippen LogP contribution is -2.43. The molecule has 0 aliphatic carbocycles. The van der Waals surface area contributed by atoms with Gasteiger partial charge in [0.15, 0.2) is 0 Å². The molecule has 11 heavy (non-hydrogen) atoms. The van der Waals surface area contributed by atoms with Crippen LogP contribution in [-0.4, -0.2) is 35.5 Å². The summed E-state index contributed by atoms with van der Waals surface area (Å²) < 4.78 is 0. The van der Waals surface area contributed by atoms with Crippen molar-refractivity contribution in [3.05, 3.63) is 0 Å². The van der Waals surface area contributed by atoms with Crippen LogP contribution >= 0.6 is 0 Å². The lowest BCUT2D eigenvalue weighted by molar-refractivity contribution is 0.187. The predicted octanol–water partition coefficient (Wildman–Crippen LogP) is 0.119. The zero-order valence-electron chi connectivity index (χ0n) is 7.43. The molecule has 0 heterocycles. The van der Waals surface area contributed by atoms with Crippen LogP contribution in [0.15, 0.2) is 0 Å². The molecular weight excluding hydrogens is 142 g/mol. The summed E-state index contributed by atoms with van der Waals surface area (Å²) >= 11 is 0. The summed E-state index contributed by atoms with van der Waals surface area (Å²) in [5.74, 6) is 0. The second-order valence-corrected chi connectivity index (χ2v) is 3.40. The second kappa shape index (κ2) is 5.52. The van der Waals surface area contributed by atoms with Gasteiger partial charge in [-0.25, -0.2) is 0 Å². The van der Waals surface area contributed by atoms with E-state index in [0.29, 0.717) is 0 Å². The fraction of sp³-hybridized carbons (Fsp3) is 1.00. The topological polar surface area (TPSA) is 52.5 Å². The van der Waals surface area contributed by atoms with Crippen molar-refractivity contribution in [2.75, 3.05) is 19.8 Å². The molecule has 0 aliphatic rings. The van der Waals surface area contributed by atoms with Crippen molar-refractivity contribution in [1.82, 2.24) is 5.32 Å². The van der Waals surface area contributed by atoms with Gasteiger partial charge in [0.2, 0.25) is 0 Å². The van der Waals surface area contributed by atoms with Crippen LogP contribution in [0.5, 0.6) is 0 Å². The average Bonchev–Trinajstić information content (AvgIpc) is 1.99.